The zero-order valence-corrected chi connectivity index (χ0v) is 13.6. The van der Waals surface area contributed by atoms with Crippen molar-refractivity contribution in [2.75, 3.05) is 10.6 Å². The van der Waals surface area contributed by atoms with E-state index >= 15 is 0 Å². The highest BCUT2D eigenvalue weighted by Gasteiger charge is 2.12. The summed E-state index contributed by atoms with van der Waals surface area (Å²) in [6.45, 7) is 1.57. The highest BCUT2D eigenvalue weighted by Crippen LogP contribution is 2.20. The van der Waals surface area contributed by atoms with Crippen molar-refractivity contribution in [1.82, 2.24) is 9.97 Å². The van der Waals surface area contributed by atoms with Gasteiger partial charge in [-0.05, 0) is 43.3 Å². The SMILES string of the molecule is Cc1nc(Nc2ccc(F)cc2F)cc(C(=O)Nc2ccc(F)cc2)n1. The Bertz CT molecular complexity index is 961. The number of aryl methyl sites for hydroxylation is 1. The molecule has 1 aromatic heterocycles. The molecule has 26 heavy (non-hydrogen) atoms. The highest BCUT2D eigenvalue weighted by molar-refractivity contribution is 6.03. The lowest BCUT2D eigenvalue weighted by atomic mass is 10.2. The van der Waals surface area contributed by atoms with Gasteiger partial charge >= 0.3 is 0 Å². The topological polar surface area (TPSA) is 66.9 Å². The minimum Gasteiger partial charge on any atom is -0.338 e. The van der Waals surface area contributed by atoms with Gasteiger partial charge in [-0.3, -0.25) is 4.79 Å². The van der Waals surface area contributed by atoms with Crippen LogP contribution in [0.1, 0.15) is 16.3 Å². The van der Waals surface area contributed by atoms with Gasteiger partial charge in [0, 0.05) is 17.8 Å². The van der Waals surface area contributed by atoms with Gasteiger partial charge in [-0.2, -0.15) is 0 Å². The quantitative estimate of drug-likeness (QED) is 0.734. The molecule has 132 valence electrons. The fourth-order valence-corrected chi connectivity index (χ4v) is 2.21. The van der Waals surface area contributed by atoms with E-state index in [-0.39, 0.29) is 23.0 Å². The second-order valence-corrected chi connectivity index (χ2v) is 5.40. The van der Waals surface area contributed by atoms with Crippen LogP contribution < -0.4 is 10.6 Å². The van der Waals surface area contributed by atoms with Gasteiger partial charge in [0.15, 0.2) is 0 Å². The van der Waals surface area contributed by atoms with E-state index in [4.69, 9.17) is 0 Å². The summed E-state index contributed by atoms with van der Waals surface area (Å²) in [6.07, 6.45) is 0. The summed E-state index contributed by atoms with van der Waals surface area (Å²) in [5.41, 5.74) is 0.438. The molecule has 0 unspecified atom stereocenters. The normalized spacial score (nSPS) is 10.5. The summed E-state index contributed by atoms with van der Waals surface area (Å²) in [7, 11) is 0. The van der Waals surface area contributed by atoms with Crippen LogP contribution in [0.4, 0.5) is 30.4 Å². The van der Waals surface area contributed by atoms with Crippen LogP contribution in [0.15, 0.2) is 48.5 Å². The molecule has 0 saturated carbocycles. The molecule has 5 nitrogen and oxygen atoms in total. The molecule has 8 heteroatoms. The Morgan fingerprint density at radius 1 is 0.923 bits per heavy atom. The zero-order valence-electron chi connectivity index (χ0n) is 13.6. The number of hydrogen-bond acceptors (Lipinski definition) is 4. The van der Waals surface area contributed by atoms with Gasteiger partial charge in [0.2, 0.25) is 0 Å². The molecule has 0 fully saturated rings. The fraction of sp³-hybridized carbons (Fsp3) is 0.0556. The second-order valence-electron chi connectivity index (χ2n) is 5.40. The number of nitrogens with one attached hydrogen (secondary N) is 2. The van der Waals surface area contributed by atoms with E-state index in [9.17, 15) is 18.0 Å². The molecule has 0 aliphatic heterocycles. The number of carbonyl (C=O) groups excluding carboxylic acids is 1. The molecule has 0 spiro atoms. The Morgan fingerprint density at radius 3 is 2.31 bits per heavy atom. The van der Waals surface area contributed by atoms with Crippen molar-refractivity contribution in [1.29, 1.82) is 0 Å². The van der Waals surface area contributed by atoms with E-state index in [0.29, 0.717) is 5.69 Å². The number of nitrogens with zero attached hydrogens (tertiary/aromatic N) is 2. The number of carbonyl (C=O) groups is 1. The summed E-state index contributed by atoms with van der Waals surface area (Å²) in [5, 5.41) is 5.26. The van der Waals surface area contributed by atoms with Crippen LogP contribution in [0, 0.1) is 24.4 Å². The first-order valence-corrected chi connectivity index (χ1v) is 7.55. The minimum absolute atomic E-state index is 0.00870. The number of rotatable bonds is 4. The molecule has 1 amide bonds. The van der Waals surface area contributed by atoms with Crippen LogP contribution in [0.2, 0.25) is 0 Å². The van der Waals surface area contributed by atoms with Crippen LogP contribution in [0.25, 0.3) is 0 Å². The van der Waals surface area contributed by atoms with Gasteiger partial charge in [0.05, 0.1) is 5.69 Å². The first-order valence-electron chi connectivity index (χ1n) is 7.55. The molecule has 0 saturated heterocycles. The number of benzene rings is 2. The van der Waals surface area contributed by atoms with E-state index in [0.717, 1.165) is 12.1 Å². The lowest BCUT2D eigenvalue weighted by molar-refractivity contribution is 0.102. The van der Waals surface area contributed by atoms with Crippen LogP contribution >= 0.6 is 0 Å². The van der Waals surface area contributed by atoms with E-state index in [2.05, 4.69) is 20.6 Å². The summed E-state index contributed by atoms with van der Waals surface area (Å²) < 4.78 is 39.7. The predicted octanol–water partition coefficient (Wildman–Crippen LogP) is 4.20. The Balaban J connectivity index is 1.82. The molecule has 0 radical (unpaired) electrons. The standard InChI is InChI=1S/C18H13F3N4O/c1-10-22-16(18(26)24-13-5-2-11(19)3-6-13)9-17(23-10)25-15-7-4-12(20)8-14(15)21/h2-9H,1H3,(H,24,26)(H,22,23,25). The van der Waals surface area contributed by atoms with Crippen molar-refractivity contribution in [2.24, 2.45) is 0 Å². The summed E-state index contributed by atoms with van der Waals surface area (Å²) in [4.78, 5) is 20.4. The minimum atomic E-state index is -0.793. The summed E-state index contributed by atoms with van der Waals surface area (Å²) in [5.74, 6) is -2.00. The van der Waals surface area contributed by atoms with Gasteiger partial charge in [-0.1, -0.05) is 0 Å². The molecule has 3 rings (SSSR count). The maximum atomic E-state index is 13.8. The van der Waals surface area contributed by atoms with E-state index in [1.54, 1.807) is 6.92 Å². The molecule has 0 bridgehead atoms. The smallest absolute Gasteiger partial charge is 0.274 e. The van der Waals surface area contributed by atoms with Crippen molar-refractivity contribution < 1.29 is 18.0 Å². The Hall–Kier alpha value is -3.42. The van der Waals surface area contributed by atoms with Crippen molar-refractivity contribution in [3.05, 3.63) is 77.5 Å². The number of anilines is 3. The van der Waals surface area contributed by atoms with Crippen LogP contribution in [0.3, 0.4) is 0 Å². The lowest BCUT2D eigenvalue weighted by Gasteiger charge is -2.10. The van der Waals surface area contributed by atoms with E-state index in [1.165, 1.54) is 36.4 Å². The van der Waals surface area contributed by atoms with E-state index < -0.39 is 23.4 Å². The predicted molar refractivity (Wildman–Crippen MR) is 90.8 cm³/mol. The van der Waals surface area contributed by atoms with Crippen LogP contribution in [-0.2, 0) is 0 Å². The van der Waals surface area contributed by atoms with Crippen molar-refractivity contribution in [3.8, 4) is 0 Å². The Morgan fingerprint density at radius 2 is 1.62 bits per heavy atom. The number of halogens is 3. The first-order chi connectivity index (χ1) is 12.4. The molecule has 0 aliphatic carbocycles. The third kappa shape index (κ3) is 4.15. The molecular formula is C18H13F3N4O. The van der Waals surface area contributed by atoms with Crippen LogP contribution in [-0.4, -0.2) is 15.9 Å². The maximum Gasteiger partial charge on any atom is 0.274 e. The molecule has 3 aromatic rings. The van der Waals surface area contributed by atoms with Crippen LogP contribution in [0.5, 0.6) is 0 Å². The number of aromatic nitrogens is 2. The molecule has 1 heterocycles. The lowest BCUT2D eigenvalue weighted by Crippen LogP contribution is -2.15. The van der Waals surface area contributed by atoms with Crippen molar-refractivity contribution in [3.63, 3.8) is 0 Å². The maximum absolute atomic E-state index is 13.8. The van der Waals surface area contributed by atoms with E-state index in [1.807, 2.05) is 0 Å². The molecular weight excluding hydrogens is 345 g/mol. The second kappa shape index (κ2) is 7.22. The van der Waals surface area contributed by atoms with Gasteiger partial charge in [-0.15, -0.1) is 0 Å². The molecule has 0 atom stereocenters. The number of amides is 1. The first kappa shape index (κ1) is 17.4. The summed E-state index contributed by atoms with van der Waals surface area (Å²) >= 11 is 0. The summed E-state index contributed by atoms with van der Waals surface area (Å²) in [6, 6.07) is 9.63. The third-order valence-electron chi connectivity index (χ3n) is 3.37. The zero-order chi connectivity index (χ0) is 18.7. The molecule has 2 N–H and O–H groups in total. The highest BCUT2D eigenvalue weighted by atomic mass is 19.1. The van der Waals surface area contributed by atoms with Gasteiger partial charge in [0.25, 0.3) is 5.91 Å². The van der Waals surface area contributed by atoms with Crippen molar-refractivity contribution >= 4 is 23.1 Å². The molecule has 0 aliphatic rings. The average molecular weight is 358 g/mol. The van der Waals surface area contributed by atoms with Crippen molar-refractivity contribution in [2.45, 2.75) is 6.92 Å². The monoisotopic (exact) mass is 358 g/mol. The Labute approximate surface area is 146 Å². The molecule has 2 aromatic carbocycles. The van der Waals surface area contributed by atoms with Gasteiger partial charge < -0.3 is 10.6 Å². The Kier molecular flexibility index (Phi) is 4.83. The average Bonchev–Trinajstić information content (AvgIpc) is 2.59. The fourth-order valence-electron chi connectivity index (χ4n) is 2.21. The number of hydrogen-bond donors (Lipinski definition) is 2. The van der Waals surface area contributed by atoms with Gasteiger partial charge in [-0.25, -0.2) is 23.1 Å². The van der Waals surface area contributed by atoms with Gasteiger partial charge in [0.1, 0.15) is 34.8 Å². The largest absolute Gasteiger partial charge is 0.338 e. The third-order valence-corrected chi connectivity index (χ3v) is 3.37.